The van der Waals surface area contributed by atoms with Crippen LogP contribution in [0.15, 0.2) is 42.5 Å². The van der Waals surface area contributed by atoms with E-state index in [1.165, 1.54) is 5.56 Å². The van der Waals surface area contributed by atoms with Gasteiger partial charge in [0.15, 0.2) is 0 Å². The predicted octanol–water partition coefficient (Wildman–Crippen LogP) is 2.26. The van der Waals surface area contributed by atoms with Gasteiger partial charge in [0.05, 0.1) is 0 Å². The van der Waals surface area contributed by atoms with Crippen molar-refractivity contribution in [1.82, 2.24) is 4.90 Å². The summed E-state index contributed by atoms with van der Waals surface area (Å²) < 4.78 is 0. The molecule has 0 aliphatic heterocycles. The molecule has 1 amide bonds. The molecule has 0 saturated carbocycles. The largest absolute Gasteiger partial charge is 0.345 e. The lowest BCUT2D eigenvalue weighted by atomic mass is 10.1. The second kappa shape index (κ2) is 6.02. The number of carbonyl (C=O) groups excluding carboxylic acids is 1. The topological polar surface area (TPSA) is 20.3 Å². The molecular weight excluding hydrogens is 186 g/mol. The molecule has 2 heteroatoms. The lowest BCUT2D eigenvalue weighted by Crippen LogP contribution is -2.18. The Kier molecular flexibility index (Phi) is 4.61. The molecule has 15 heavy (non-hydrogen) atoms. The molecule has 2 nitrogen and oxygen atoms in total. The van der Waals surface area contributed by atoms with E-state index in [9.17, 15) is 4.79 Å². The highest BCUT2D eigenvalue weighted by atomic mass is 16.2. The van der Waals surface area contributed by atoms with Crippen LogP contribution in [0, 0.1) is 0 Å². The van der Waals surface area contributed by atoms with Crippen LogP contribution in [0.5, 0.6) is 0 Å². The van der Waals surface area contributed by atoms with Gasteiger partial charge in [-0.15, -0.1) is 0 Å². The Bertz CT molecular complexity index is 328. The predicted molar refractivity (Wildman–Crippen MR) is 62.6 cm³/mol. The average molecular weight is 203 g/mol. The van der Waals surface area contributed by atoms with Crippen LogP contribution in [0.2, 0.25) is 0 Å². The summed E-state index contributed by atoms with van der Waals surface area (Å²) in [5, 5.41) is 0. The Hall–Kier alpha value is -1.57. The maximum Gasteiger partial charge on any atom is 0.245 e. The maximum atomic E-state index is 11.2. The first kappa shape index (κ1) is 11.5. The minimum atomic E-state index is 0.0445. The Morgan fingerprint density at radius 1 is 1.27 bits per heavy atom. The molecule has 0 N–H and O–H groups in total. The number of likely N-dealkylation sites (N-methyl/N-ethyl adjacent to an activating group) is 1. The number of amides is 1. The molecule has 1 rings (SSSR count). The first-order valence-electron chi connectivity index (χ1n) is 5.12. The van der Waals surface area contributed by atoms with Crippen LogP contribution in [0.1, 0.15) is 12.0 Å². The van der Waals surface area contributed by atoms with Gasteiger partial charge in [0, 0.05) is 14.1 Å². The van der Waals surface area contributed by atoms with Crippen molar-refractivity contribution < 1.29 is 4.79 Å². The van der Waals surface area contributed by atoms with Crippen molar-refractivity contribution >= 4 is 5.91 Å². The molecule has 0 aromatic heterocycles. The summed E-state index contributed by atoms with van der Waals surface area (Å²) in [6.45, 7) is 0. The number of nitrogens with zero attached hydrogens (tertiary/aromatic N) is 1. The van der Waals surface area contributed by atoms with Crippen LogP contribution in [-0.4, -0.2) is 24.9 Å². The van der Waals surface area contributed by atoms with Gasteiger partial charge in [-0.1, -0.05) is 36.4 Å². The van der Waals surface area contributed by atoms with Crippen LogP contribution < -0.4 is 0 Å². The van der Waals surface area contributed by atoms with Crippen LogP contribution >= 0.6 is 0 Å². The standard InChI is InChI=1S/C13H17NO/c1-14(2)13(15)11-7-6-10-12-8-4-3-5-9-12/h3-5,7-9,11H,6,10H2,1-2H3/b11-7+. The molecule has 0 atom stereocenters. The van der Waals surface area contributed by atoms with E-state index in [0.717, 1.165) is 12.8 Å². The van der Waals surface area contributed by atoms with E-state index in [4.69, 9.17) is 0 Å². The van der Waals surface area contributed by atoms with Crippen molar-refractivity contribution in [2.75, 3.05) is 14.1 Å². The summed E-state index contributed by atoms with van der Waals surface area (Å²) in [7, 11) is 3.51. The molecule has 0 saturated heterocycles. The lowest BCUT2D eigenvalue weighted by Gasteiger charge is -2.04. The molecule has 1 aromatic rings. The van der Waals surface area contributed by atoms with Crippen molar-refractivity contribution in [3.8, 4) is 0 Å². The van der Waals surface area contributed by atoms with Crippen molar-refractivity contribution in [2.45, 2.75) is 12.8 Å². The molecule has 1 aromatic carbocycles. The van der Waals surface area contributed by atoms with Crippen LogP contribution in [0.4, 0.5) is 0 Å². The van der Waals surface area contributed by atoms with Crippen molar-refractivity contribution in [2.24, 2.45) is 0 Å². The van der Waals surface area contributed by atoms with Gasteiger partial charge in [0.2, 0.25) is 5.91 Å². The SMILES string of the molecule is CN(C)C(=O)/C=C/CCc1ccccc1. The van der Waals surface area contributed by atoms with E-state index >= 15 is 0 Å². The zero-order chi connectivity index (χ0) is 11.1. The van der Waals surface area contributed by atoms with Gasteiger partial charge in [-0.25, -0.2) is 0 Å². The summed E-state index contributed by atoms with van der Waals surface area (Å²) in [6, 6.07) is 10.3. The molecule has 0 spiro atoms. The summed E-state index contributed by atoms with van der Waals surface area (Å²) in [5.74, 6) is 0.0445. The summed E-state index contributed by atoms with van der Waals surface area (Å²) in [5.41, 5.74) is 1.31. The monoisotopic (exact) mass is 203 g/mol. The summed E-state index contributed by atoms with van der Waals surface area (Å²) in [6.07, 6.45) is 5.44. The number of rotatable bonds is 4. The summed E-state index contributed by atoms with van der Waals surface area (Å²) in [4.78, 5) is 12.8. The molecule has 0 heterocycles. The molecule has 0 aliphatic rings. The number of carbonyl (C=O) groups is 1. The number of hydrogen-bond donors (Lipinski definition) is 0. The van der Waals surface area contributed by atoms with Gasteiger partial charge >= 0.3 is 0 Å². The molecule has 0 fully saturated rings. The second-order valence-electron chi connectivity index (χ2n) is 3.66. The zero-order valence-corrected chi connectivity index (χ0v) is 9.31. The summed E-state index contributed by atoms with van der Waals surface area (Å²) >= 11 is 0. The van der Waals surface area contributed by atoms with E-state index in [1.807, 2.05) is 24.3 Å². The van der Waals surface area contributed by atoms with Crippen molar-refractivity contribution in [3.63, 3.8) is 0 Å². The maximum absolute atomic E-state index is 11.2. The Morgan fingerprint density at radius 3 is 2.53 bits per heavy atom. The van der Waals surface area contributed by atoms with Crippen LogP contribution in [0.25, 0.3) is 0 Å². The van der Waals surface area contributed by atoms with Gasteiger partial charge in [-0.3, -0.25) is 4.79 Å². The van der Waals surface area contributed by atoms with Crippen LogP contribution in [0.3, 0.4) is 0 Å². The van der Waals surface area contributed by atoms with E-state index < -0.39 is 0 Å². The van der Waals surface area contributed by atoms with Gasteiger partial charge < -0.3 is 4.90 Å². The van der Waals surface area contributed by atoms with E-state index in [-0.39, 0.29) is 5.91 Å². The molecule has 0 unspecified atom stereocenters. The quantitative estimate of drug-likeness (QED) is 0.687. The number of aryl methyl sites for hydroxylation is 1. The lowest BCUT2D eigenvalue weighted by molar-refractivity contribution is -0.123. The minimum Gasteiger partial charge on any atom is -0.345 e. The number of benzene rings is 1. The van der Waals surface area contributed by atoms with E-state index in [2.05, 4.69) is 12.1 Å². The third-order valence-electron chi connectivity index (χ3n) is 2.14. The highest BCUT2D eigenvalue weighted by Gasteiger charge is 1.95. The number of allylic oxidation sites excluding steroid dienone is 1. The molecule has 0 aliphatic carbocycles. The average Bonchev–Trinajstić information content (AvgIpc) is 2.25. The first-order valence-corrected chi connectivity index (χ1v) is 5.12. The van der Waals surface area contributed by atoms with E-state index in [0.29, 0.717) is 0 Å². The smallest absolute Gasteiger partial charge is 0.245 e. The first-order chi connectivity index (χ1) is 7.20. The molecule has 80 valence electrons. The fraction of sp³-hybridized carbons (Fsp3) is 0.308. The highest BCUT2D eigenvalue weighted by molar-refractivity contribution is 5.87. The van der Waals surface area contributed by atoms with Gasteiger partial charge in [-0.05, 0) is 24.5 Å². The fourth-order valence-electron chi connectivity index (χ4n) is 1.23. The van der Waals surface area contributed by atoms with Crippen molar-refractivity contribution in [3.05, 3.63) is 48.0 Å². The molecule has 0 radical (unpaired) electrons. The Labute approximate surface area is 91.2 Å². The zero-order valence-electron chi connectivity index (χ0n) is 9.31. The molecule has 0 bridgehead atoms. The fourth-order valence-corrected chi connectivity index (χ4v) is 1.23. The van der Waals surface area contributed by atoms with Crippen molar-refractivity contribution in [1.29, 1.82) is 0 Å². The Balaban J connectivity index is 2.31. The Morgan fingerprint density at radius 2 is 1.93 bits per heavy atom. The van der Waals surface area contributed by atoms with Gasteiger partial charge in [0.1, 0.15) is 0 Å². The second-order valence-corrected chi connectivity index (χ2v) is 3.66. The highest BCUT2D eigenvalue weighted by Crippen LogP contribution is 2.02. The third kappa shape index (κ3) is 4.45. The number of hydrogen-bond acceptors (Lipinski definition) is 1. The van der Waals surface area contributed by atoms with Gasteiger partial charge in [0.25, 0.3) is 0 Å². The molecular formula is C13H17NO. The van der Waals surface area contributed by atoms with Crippen LogP contribution in [-0.2, 0) is 11.2 Å². The van der Waals surface area contributed by atoms with E-state index in [1.54, 1.807) is 25.1 Å². The normalized spacial score (nSPS) is 10.5. The van der Waals surface area contributed by atoms with Gasteiger partial charge in [-0.2, -0.15) is 0 Å². The third-order valence-corrected chi connectivity index (χ3v) is 2.14. The minimum absolute atomic E-state index is 0.0445.